The summed E-state index contributed by atoms with van der Waals surface area (Å²) < 4.78 is 9.97. The monoisotopic (exact) mass is 552 g/mol. The van der Waals surface area contributed by atoms with E-state index in [-0.39, 0.29) is 0 Å². The third-order valence-electron chi connectivity index (χ3n) is 6.01. The van der Waals surface area contributed by atoms with Crippen molar-refractivity contribution in [1.29, 1.82) is 0 Å². The average Bonchev–Trinajstić information content (AvgIpc) is 3.50. The Kier molecular flexibility index (Phi) is 6.54. The van der Waals surface area contributed by atoms with Gasteiger partial charge in [-0.15, -0.1) is 0 Å². The van der Waals surface area contributed by atoms with Gasteiger partial charge in [-0.25, -0.2) is 9.75 Å². The zero-order valence-corrected chi connectivity index (χ0v) is 22.8. The van der Waals surface area contributed by atoms with Gasteiger partial charge in [-0.2, -0.15) is 0 Å². The van der Waals surface area contributed by atoms with Crippen LogP contribution in [0.5, 0.6) is 0 Å². The first-order valence-electron chi connectivity index (χ1n) is 11.3. The van der Waals surface area contributed by atoms with E-state index >= 15 is 0 Å². The summed E-state index contributed by atoms with van der Waals surface area (Å²) in [5, 5.41) is 1.68. The van der Waals surface area contributed by atoms with E-state index in [2.05, 4.69) is 57.8 Å². The van der Waals surface area contributed by atoms with Crippen molar-refractivity contribution in [2.75, 3.05) is 11.2 Å². The summed E-state index contributed by atoms with van der Waals surface area (Å²) in [6.45, 7) is 1.72. The zero-order valence-electron chi connectivity index (χ0n) is 18.8. The average molecular weight is 553 g/mol. The summed E-state index contributed by atoms with van der Waals surface area (Å²) in [6, 6.07) is 28.9. The maximum atomic E-state index is 6.37. The second-order valence-corrected chi connectivity index (χ2v) is 16.5. The molecule has 0 aliphatic carbocycles. The minimum Gasteiger partial charge on any atom is -0.308 e. The van der Waals surface area contributed by atoms with Crippen molar-refractivity contribution in [1.82, 2.24) is 9.55 Å². The van der Waals surface area contributed by atoms with E-state index < -0.39 is 5.54 Å². The van der Waals surface area contributed by atoms with Gasteiger partial charge in [0.25, 0.3) is 0 Å². The molecule has 6 rings (SSSR count). The Labute approximate surface area is 223 Å². The van der Waals surface area contributed by atoms with Crippen molar-refractivity contribution >= 4 is 63.0 Å². The normalized spacial score (nSPS) is 18.4. The Morgan fingerprint density at radius 2 is 1.51 bits per heavy atom. The smallest absolute Gasteiger partial charge is 0.200 e. The maximum Gasteiger partial charge on any atom is 0.200 e. The summed E-state index contributed by atoms with van der Waals surface area (Å²) in [6.07, 6.45) is 0. The highest BCUT2D eigenvalue weighted by Crippen LogP contribution is 2.69. The Bertz CT molecular complexity index is 1440. The molecule has 3 heterocycles. The quantitative estimate of drug-likeness (QED) is 0.227. The largest absolute Gasteiger partial charge is 0.308 e. The van der Waals surface area contributed by atoms with Crippen LogP contribution in [0.3, 0.4) is 0 Å². The first-order valence-corrected chi connectivity index (χ1v) is 17.0. The van der Waals surface area contributed by atoms with Crippen LogP contribution < -0.4 is 4.67 Å². The molecule has 0 N–H and O–H groups in total. The van der Waals surface area contributed by atoms with Gasteiger partial charge >= 0.3 is 0 Å². The van der Waals surface area contributed by atoms with E-state index in [1.807, 2.05) is 47.8 Å². The lowest BCUT2D eigenvalue weighted by molar-refractivity contribution is 0.802. The molecule has 0 bridgehead atoms. The molecule has 4 nitrogen and oxygen atoms in total. The Balaban J connectivity index is 1.39. The number of hydrogen-bond acceptors (Lipinski definition) is 4. The van der Waals surface area contributed by atoms with Crippen LogP contribution in [0.25, 0.3) is 11.4 Å². The zero-order chi connectivity index (χ0) is 23.8. The topological polar surface area (TPSA) is 33.4 Å². The first-order chi connectivity index (χ1) is 17.1. The van der Waals surface area contributed by atoms with Gasteiger partial charge in [-0.1, -0.05) is 95.4 Å². The lowest BCUT2D eigenvalue weighted by atomic mass is 10.2. The lowest BCUT2D eigenvalue weighted by Crippen LogP contribution is -2.21. The molecule has 0 fully saturated rings. The van der Waals surface area contributed by atoms with Gasteiger partial charge in [-0.3, -0.25) is 0 Å². The van der Waals surface area contributed by atoms with Crippen molar-refractivity contribution in [2.45, 2.75) is 18.1 Å². The van der Waals surface area contributed by atoms with E-state index in [9.17, 15) is 0 Å². The standard InChI is InChI=1S/C26H22ClN4PS3/c27-22-13-11-21(12-14-22)24-28-23-25(34-17-19-7-3-1-4-8-19)29-32(33,31-16-15-30(24)26(23)31)35-18-20-9-5-2-6-10-20/h1-14H,15-18H2. The van der Waals surface area contributed by atoms with Gasteiger partial charge in [0.2, 0.25) is 5.54 Å². The molecule has 0 amide bonds. The summed E-state index contributed by atoms with van der Waals surface area (Å²) in [5.74, 6) is 3.77. The van der Waals surface area contributed by atoms with Crippen LogP contribution in [0.2, 0.25) is 5.02 Å². The molecule has 0 saturated carbocycles. The van der Waals surface area contributed by atoms with Crippen LogP contribution in [0.1, 0.15) is 16.8 Å². The molecule has 35 heavy (non-hydrogen) atoms. The van der Waals surface area contributed by atoms with Crippen molar-refractivity contribution in [3.8, 4) is 11.4 Å². The number of aromatic nitrogens is 2. The van der Waals surface area contributed by atoms with E-state index in [4.69, 9.17) is 33.2 Å². The van der Waals surface area contributed by atoms with Gasteiger partial charge in [0.1, 0.15) is 22.4 Å². The van der Waals surface area contributed by atoms with Gasteiger partial charge in [0, 0.05) is 35.2 Å². The minimum absolute atomic E-state index is 0.724. The highest BCUT2D eigenvalue weighted by Gasteiger charge is 2.42. The Morgan fingerprint density at radius 3 is 2.20 bits per heavy atom. The molecule has 0 saturated heterocycles. The summed E-state index contributed by atoms with van der Waals surface area (Å²) in [7, 11) is 0. The summed E-state index contributed by atoms with van der Waals surface area (Å²) in [4.78, 5) is 5.12. The van der Waals surface area contributed by atoms with Crippen LogP contribution in [0, 0.1) is 0 Å². The van der Waals surface area contributed by atoms with Crippen LogP contribution in [-0.4, -0.2) is 21.1 Å². The van der Waals surface area contributed by atoms with Crippen LogP contribution in [0.4, 0.5) is 5.82 Å². The van der Waals surface area contributed by atoms with E-state index in [0.29, 0.717) is 0 Å². The SMILES string of the molecule is S=P1(SCc2ccccc2)N=C(SCc2ccccc2)c2nc(-c3ccc(Cl)cc3)n3c2N1CC3. The molecule has 1 aromatic heterocycles. The third kappa shape index (κ3) is 4.61. The number of halogens is 1. The third-order valence-corrected chi connectivity index (χ3v) is 13.7. The van der Waals surface area contributed by atoms with Crippen molar-refractivity contribution < 1.29 is 0 Å². The first kappa shape index (κ1) is 23.4. The number of thioether (sulfide) groups is 1. The number of nitrogens with zero attached hydrogens (tertiary/aromatic N) is 4. The predicted octanol–water partition coefficient (Wildman–Crippen LogP) is 7.88. The molecule has 1 unspecified atom stereocenters. The molecule has 4 aromatic rings. The molecule has 2 aliphatic heterocycles. The number of anilines is 1. The molecule has 0 spiro atoms. The van der Waals surface area contributed by atoms with E-state index in [0.717, 1.165) is 57.6 Å². The Morgan fingerprint density at radius 1 is 0.857 bits per heavy atom. The number of rotatable bonds is 6. The van der Waals surface area contributed by atoms with Gasteiger partial charge in [-0.05, 0) is 47.2 Å². The number of imidazole rings is 1. The highest BCUT2D eigenvalue weighted by atomic mass is 35.5. The molecular weight excluding hydrogens is 531 g/mol. The highest BCUT2D eigenvalue weighted by molar-refractivity contribution is 8.70. The van der Waals surface area contributed by atoms with Gasteiger partial charge in [0.05, 0.1) is 0 Å². The number of hydrogen-bond donors (Lipinski definition) is 0. The van der Waals surface area contributed by atoms with Crippen molar-refractivity contribution in [3.63, 3.8) is 0 Å². The van der Waals surface area contributed by atoms with E-state index in [1.165, 1.54) is 11.1 Å². The van der Waals surface area contributed by atoms with Gasteiger partial charge in [0.15, 0.2) is 0 Å². The van der Waals surface area contributed by atoms with Crippen molar-refractivity contribution in [3.05, 3.63) is 107 Å². The molecule has 2 aliphatic rings. The fourth-order valence-corrected chi connectivity index (χ4v) is 11.5. The molecule has 0 radical (unpaired) electrons. The van der Waals surface area contributed by atoms with Crippen LogP contribution >= 0.6 is 40.3 Å². The van der Waals surface area contributed by atoms with E-state index in [1.54, 1.807) is 11.8 Å². The van der Waals surface area contributed by atoms with Gasteiger partial charge < -0.3 is 9.24 Å². The molecule has 3 aromatic carbocycles. The summed E-state index contributed by atoms with van der Waals surface area (Å²) >= 11 is 16.1. The molecule has 1 atom stereocenters. The lowest BCUT2D eigenvalue weighted by Gasteiger charge is -2.33. The second kappa shape index (κ2) is 9.79. The number of benzene rings is 3. The second-order valence-electron chi connectivity index (χ2n) is 8.32. The minimum atomic E-state index is -2.26. The predicted molar refractivity (Wildman–Crippen MR) is 156 cm³/mol. The maximum absolute atomic E-state index is 6.37. The Hall–Kier alpha value is -2.02. The summed E-state index contributed by atoms with van der Waals surface area (Å²) in [5.41, 5.74) is 2.29. The van der Waals surface area contributed by atoms with Crippen molar-refractivity contribution in [2.24, 2.45) is 4.76 Å². The van der Waals surface area contributed by atoms with Crippen LogP contribution in [-0.2, 0) is 29.9 Å². The molecule has 176 valence electrons. The molecular formula is C26H22ClN4PS3. The fraction of sp³-hybridized carbons (Fsp3) is 0.154. The fourth-order valence-electron chi connectivity index (χ4n) is 4.30. The van der Waals surface area contributed by atoms with Crippen LogP contribution in [0.15, 0.2) is 89.7 Å². The molecule has 9 heteroatoms.